The predicted molar refractivity (Wildman–Crippen MR) is 231 cm³/mol. The van der Waals surface area contributed by atoms with Gasteiger partial charge in [0, 0.05) is 11.5 Å². The average molecular weight is 816 g/mol. The van der Waals surface area contributed by atoms with E-state index >= 15 is 4.79 Å². The molecule has 2 heterocycles. The number of hydrogen-bond acceptors (Lipinski definition) is 9. The van der Waals surface area contributed by atoms with E-state index < -0.39 is 46.8 Å². The zero-order chi connectivity index (χ0) is 42.6. The molecule has 2 aliphatic heterocycles. The molecule has 2 N–H and O–H groups in total. The lowest BCUT2D eigenvalue weighted by atomic mass is 9.49. The minimum atomic E-state index is -1.46. The van der Waals surface area contributed by atoms with Gasteiger partial charge in [0.1, 0.15) is 11.5 Å². The van der Waals surface area contributed by atoms with E-state index in [0.717, 1.165) is 27.3 Å². The molecular weight excluding hydrogens is 771 g/mol. The minimum Gasteiger partial charge on any atom is -0.504 e. The molecule has 1 saturated carbocycles. The van der Waals surface area contributed by atoms with Crippen LogP contribution in [0.5, 0.6) is 23.0 Å². The number of phenols is 1. The number of methoxy groups -OCH3 is 3. The highest BCUT2D eigenvalue weighted by Crippen LogP contribution is 2.64. The molecule has 0 spiro atoms. The summed E-state index contributed by atoms with van der Waals surface area (Å²) in [5.74, 6) is -3.72. The lowest BCUT2D eigenvalue weighted by Gasteiger charge is -2.50. The van der Waals surface area contributed by atoms with Crippen molar-refractivity contribution in [1.29, 1.82) is 0 Å². The van der Waals surface area contributed by atoms with Crippen molar-refractivity contribution >= 4 is 47.2 Å². The van der Waals surface area contributed by atoms with Gasteiger partial charge in [-0.2, -0.15) is 5.01 Å². The molecule has 2 saturated heterocycles. The molecule has 11 heteroatoms. The standard InChI is InChI=1S/C50H45N3O8/c1-29-10-17-34(18-11-29)51-53-47(56)40-28-39-37(45(32-16-24-43(61-4)41(54)27-32)50(40,49(53)58)33-8-6-5-7-9-33)22-23-38-44(39)48(57)52(46(38)55)35-19-13-30(14-20-35)12-15-31-26-36(59-2)21-25-42(31)60-3/h5-22,24-27,38-40,44-45,51,54H,23,28H2,1-4H3. The molecule has 6 atom stereocenters. The van der Waals surface area contributed by atoms with Crippen molar-refractivity contribution in [3.63, 3.8) is 0 Å². The van der Waals surface area contributed by atoms with E-state index in [9.17, 15) is 19.5 Å². The number of carbonyl (C=O) groups excluding carboxylic acids is 4. The van der Waals surface area contributed by atoms with Gasteiger partial charge in [-0.15, -0.1) is 0 Å². The molecule has 0 radical (unpaired) electrons. The Morgan fingerprint density at radius 2 is 1.46 bits per heavy atom. The van der Waals surface area contributed by atoms with Gasteiger partial charge in [-0.25, -0.2) is 0 Å². The first-order chi connectivity index (χ1) is 29.6. The van der Waals surface area contributed by atoms with E-state index in [2.05, 4.69) is 5.43 Å². The van der Waals surface area contributed by atoms with Crippen LogP contribution >= 0.6 is 0 Å². The fraction of sp³-hybridized carbons (Fsp3) is 0.240. The van der Waals surface area contributed by atoms with Crippen molar-refractivity contribution in [3.05, 3.63) is 155 Å². The molecule has 6 unspecified atom stereocenters. The monoisotopic (exact) mass is 815 g/mol. The van der Waals surface area contributed by atoms with E-state index in [4.69, 9.17) is 14.2 Å². The molecule has 3 fully saturated rings. The molecule has 5 aromatic rings. The van der Waals surface area contributed by atoms with Crippen LogP contribution in [0.15, 0.2) is 127 Å². The Bertz CT molecular complexity index is 2620. The lowest BCUT2D eigenvalue weighted by molar-refractivity contribution is -0.138. The van der Waals surface area contributed by atoms with E-state index in [0.29, 0.717) is 34.0 Å². The number of fused-ring (bicyclic) bond motifs is 4. The number of rotatable bonds is 10. The molecule has 0 aromatic heterocycles. The SMILES string of the molecule is COc1ccc(OC)c(C=Cc2ccc(N3C(=O)C4CC=C5C(CC6C(=O)N(Nc7ccc(C)cc7)C(=O)C6(c6ccccc6)C5c5ccc(OC)c(O)c5)C4C3=O)cc2)c1. The number of phenolic OH excluding ortho intramolecular Hbond substituents is 1. The maximum atomic E-state index is 15.4. The third-order valence-electron chi connectivity index (χ3n) is 13.0. The van der Waals surface area contributed by atoms with E-state index in [1.807, 2.05) is 116 Å². The lowest BCUT2D eigenvalue weighted by Crippen LogP contribution is -2.53. The number of hydrogen-bond donors (Lipinski definition) is 2. The fourth-order valence-electron chi connectivity index (χ4n) is 10.2. The molecule has 308 valence electrons. The molecule has 61 heavy (non-hydrogen) atoms. The number of benzene rings is 5. The zero-order valence-electron chi connectivity index (χ0n) is 34.2. The smallest absolute Gasteiger partial charge is 0.260 e. The molecule has 4 amide bonds. The summed E-state index contributed by atoms with van der Waals surface area (Å²) in [6.07, 6.45) is 6.25. The van der Waals surface area contributed by atoms with Gasteiger partial charge in [0.2, 0.25) is 11.8 Å². The first-order valence-corrected chi connectivity index (χ1v) is 20.3. The molecule has 5 aromatic carbocycles. The fourth-order valence-corrected chi connectivity index (χ4v) is 10.2. The van der Waals surface area contributed by atoms with Crippen LogP contribution in [-0.2, 0) is 24.6 Å². The minimum absolute atomic E-state index is 0.123. The number of aromatic hydroxyl groups is 1. The van der Waals surface area contributed by atoms with Crippen molar-refractivity contribution < 1.29 is 38.5 Å². The summed E-state index contributed by atoms with van der Waals surface area (Å²) in [4.78, 5) is 60.8. The van der Waals surface area contributed by atoms with Gasteiger partial charge in [0.25, 0.3) is 11.8 Å². The third kappa shape index (κ3) is 6.34. The van der Waals surface area contributed by atoms with Gasteiger partial charge in [-0.05, 0) is 97.0 Å². The summed E-state index contributed by atoms with van der Waals surface area (Å²) in [6.45, 7) is 1.96. The molecule has 2 aliphatic carbocycles. The topological polar surface area (TPSA) is 135 Å². The molecule has 11 nitrogen and oxygen atoms in total. The average Bonchev–Trinajstić information content (AvgIpc) is 3.67. The van der Waals surface area contributed by atoms with E-state index in [1.54, 1.807) is 38.5 Å². The highest BCUT2D eigenvalue weighted by Gasteiger charge is 2.70. The summed E-state index contributed by atoms with van der Waals surface area (Å²) in [5, 5.41) is 12.3. The number of amides is 4. The van der Waals surface area contributed by atoms with Crippen molar-refractivity contribution in [2.45, 2.75) is 31.1 Å². The van der Waals surface area contributed by atoms with Gasteiger partial charge >= 0.3 is 0 Å². The van der Waals surface area contributed by atoms with Gasteiger partial charge < -0.3 is 19.3 Å². The van der Waals surface area contributed by atoms with Gasteiger partial charge in [0.15, 0.2) is 11.5 Å². The van der Waals surface area contributed by atoms with Crippen LogP contribution in [0.1, 0.15) is 46.6 Å². The summed E-state index contributed by atoms with van der Waals surface area (Å²) >= 11 is 0. The largest absolute Gasteiger partial charge is 0.504 e. The summed E-state index contributed by atoms with van der Waals surface area (Å²) < 4.78 is 16.3. The number of ether oxygens (including phenoxy) is 3. The summed E-state index contributed by atoms with van der Waals surface area (Å²) in [7, 11) is 4.67. The van der Waals surface area contributed by atoms with Crippen LogP contribution < -0.4 is 24.5 Å². The number of carbonyl (C=O) groups is 4. The van der Waals surface area contributed by atoms with Crippen LogP contribution in [0, 0.1) is 30.6 Å². The highest BCUT2D eigenvalue weighted by molar-refractivity contribution is 6.22. The van der Waals surface area contributed by atoms with Crippen LogP contribution in [0.4, 0.5) is 11.4 Å². The Labute approximate surface area is 353 Å². The second kappa shape index (κ2) is 15.5. The van der Waals surface area contributed by atoms with Crippen molar-refractivity contribution in [2.24, 2.45) is 23.7 Å². The van der Waals surface area contributed by atoms with Crippen LogP contribution in [0.25, 0.3) is 12.2 Å². The predicted octanol–water partition coefficient (Wildman–Crippen LogP) is 8.09. The summed E-state index contributed by atoms with van der Waals surface area (Å²) in [5.41, 5.74) is 7.39. The van der Waals surface area contributed by atoms with E-state index in [1.165, 1.54) is 12.0 Å². The van der Waals surface area contributed by atoms with E-state index in [-0.39, 0.29) is 36.2 Å². The number of anilines is 2. The molecular formula is C50H45N3O8. The van der Waals surface area contributed by atoms with Crippen LogP contribution in [-0.4, -0.2) is 55.1 Å². The number of imide groups is 2. The second-order valence-corrected chi connectivity index (χ2v) is 16.1. The van der Waals surface area contributed by atoms with Crippen molar-refractivity contribution in [2.75, 3.05) is 31.7 Å². The van der Waals surface area contributed by atoms with Crippen LogP contribution in [0.3, 0.4) is 0 Å². The van der Waals surface area contributed by atoms with Crippen molar-refractivity contribution in [1.82, 2.24) is 5.01 Å². The third-order valence-corrected chi connectivity index (χ3v) is 13.0. The van der Waals surface area contributed by atoms with Crippen molar-refractivity contribution in [3.8, 4) is 23.0 Å². The Morgan fingerprint density at radius 3 is 2.15 bits per heavy atom. The maximum absolute atomic E-state index is 15.4. The highest BCUT2D eigenvalue weighted by atomic mass is 16.5. The first kappa shape index (κ1) is 39.3. The Kier molecular flexibility index (Phi) is 9.97. The van der Waals surface area contributed by atoms with Crippen LogP contribution in [0.2, 0.25) is 0 Å². The van der Waals surface area contributed by atoms with Gasteiger partial charge in [0.05, 0.1) is 55.9 Å². The number of hydrazine groups is 1. The molecule has 0 bridgehead atoms. The number of allylic oxidation sites excluding steroid dienone is 2. The quantitative estimate of drug-likeness (QED) is 0.0815. The second-order valence-electron chi connectivity index (χ2n) is 16.1. The first-order valence-electron chi connectivity index (χ1n) is 20.3. The van der Waals surface area contributed by atoms with Gasteiger partial charge in [-0.3, -0.25) is 29.5 Å². The Balaban J connectivity index is 1.11. The molecule has 4 aliphatic rings. The normalized spacial score (nSPS) is 24.3. The van der Waals surface area contributed by atoms with Gasteiger partial charge in [-0.1, -0.05) is 90.0 Å². The maximum Gasteiger partial charge on any atom is 0.260 e. The Morgan fingerprint density at radius 1 is 0.738 bits per heavy atom. The summed E-state index contributed by atoms with van der Waals surface area (Å²) in [6, 6.07) is 34.5. The Hall–Kier alpha value is -7.14. The number of aryl methyl sites for hydroxylation is 1. The number of nitrogens with one attached hydrogen (secondary N) is 1. The number of nitrogens with zero attached hydrogens (tertiary/aromatic N) is 2. The zero-order valence-corrected chi connectivity index (χ0v) is 34.2. The molecule has 9 rings (SSSR count).